The molecule has 1 aliphatic heterocycles. The number of hydrogen-bond donors (Lipinski definition) is 2. The molecule has 1 heterocycles. The van der Waals surface area contributed by atoms with Crippen LogP contribution >= 0.6 is 0 Å². The quantitative estimate of drug-likeness (QED) is 0.766. The molecule has 1 unspecified atom stereocenters. The highest BCUT2D eigenvalue weighted by Crippen LogP contribution is 2.28. The highest BCUT2D eigenvalue weighted by Gasteiger charge is 2.34. The molecule has 0 radical (unpaired) electrons. The summed E-state index contributed by atoms with van der Waals surface area (Å²) in [5.74, 6) is -1.57. The first-order valence-electron chi connectivity index (χ1n) is 8.86. The number of nitrogens with one attached hydrogen (secondary N) is 2. The van der Waals surface area contributed by atoms with Gasteiger partial charge in [-0.2, -0.15) is 0 Å². The number of ether oxygens (including phenoxy) is 1. The fourth-order valence-electron chi connectivity index (χ4n) is 2.99. The smallest absolute Gasteiger partial charge is 0.335 e. The molecule has 0 bridgehead atoms. The zero-order chi connectivity index (χ0) is 19.3. The van der Waals surface area contributed by atoms with Crippen LogP contribution in [0.4, 0.5) is 5.69 Å². The van der Waals surface area contributed by atoms with Crippen LogP contribution in [0.1, 0.15) is 39.2 Å². The van der Waals surface area contributed by atoms with Crippen molar-refractivity contribution in [1.82, 2.24) is 5.32 Å². The largest absolute Gasteiger partial charge is 0.466 e. The summed E-state index contributed by atoms with van der Waals surface area (Å²) in [6.45, 7) is 5.85. The lowest BCUT2D eigenvalue weighted by molar-refractivity contribution is -0.137. The molecular formula is C20H26N2O4. The summed E-state index contributed by atoms with van der Waals surface area (Å²) < 4.78 is 4.83. The summed E-state index contributed by atoms with van der Waals surface area (Å²) in [5.41, 5.74) is 2.89. The van der Waals surface area contributed by atoms with E-state index in [2.05, 4.69) is 17.6 Å². The predicted molar refractivity (Wildman–Crippen MR) is 99.2 cm³/mol. The van der Waals surface area contributed by atoms with Crippen LogP contribution < -0.4 is 10.6 Å². The number of methoxy groups -OCH3 is 1. The molecule has 0 aliphatic carbocycles. The van der Waals surface area contributed by atoms with Crippen LogP contribution in [-0.2, 0) is 25.5 Å². The Morgan fingerprint density at radius 2 is 1.92 bits per heavy atom. The average molecular weight is 358 g/mol. The minimum atomic E-state index is -0.596. The predicted octanol–water partition coefficient (Wildman–Crippen LogP) is 2.80. The number of carbonyl (C=O) groups is 3. The third-order valence-corrected chi connectivity index (χ3v) is 4.49. The lowest BCUT2D eigenvalue weighted by atomic mass is 9.87. The Balaban J connectivity index is 2.07. The number of rotatable bonds is 6. The number of aryl methyl sites for hydroxylation is 1. The molecule has 1 aromatic rings. The molecular weight excluding hydrogens is 332 g/mol. The Hall–Kier alpha value is -2.63. The van der Waals surface area contributed by atoms with E-state index in [1.54, 1.807) is 0 Å². The Bertz CT molecular complexity index is 720. The van der Waals surface area contributed by atoms with Crippen molar-refractivity contribution < 1.29 is 19.1 Å². The van der Waals surface area contributed by atoms with E-state index in [0.29, 0.717) is 17.0 Å². The third kappa shape index (κ3) is 4.71. The van der Waals surface area contributed by atoms with Gasteiger partial charge < -0.3 is 15.4 Å². The highest BCUT2D eigenvalue weighted by atomic mass is 16.5. The Morgan fingerprint density at radius 1 is 1.27 bits per heavy atom. The molecule has 0 fully saturated rings. The van der Waals surface area contributed by atoms with Gasteiger partial charge in [-0.15, -0.1) is 0 Å². The molecule has 1 aromatic carbocycles. The number of allylic oxidation sites excluding steroid dienone is 1. The monoisotopic (exact) mass is 358 g/mol. The average Bonchev–Trinajstić information content (AvgIpc) is 2.62. The maximum atomic E-state index is 12.4. The van der Waals surface area contributed by atoms with Crippen molar-refractivity contribution in [2.45, 2.75) is 40.0 Å². The summed E-state index contributed by atoms with van der Waals surface area (Å²) in [7, 11) is 1.31. The molecule has 140 valence electrons. The zero-order valence-corrected chi connectivity index (χ0v) is 15.7. The Kier molecular flexibility index (Phi) is 6.55. The van der Waals surface area contributed by atoms with E-state index < -0.39 is 11.9 Å². The van der Waals surface area contributed by atoms with Gasteiger partial charge >= 0.3 is 5.97 Å². The summed E-state index contributed by atoms with van der Waals surface area (Å²) in [5, 5.41) is 5.58. The summed E-state index contributed by atoms with van der Waals surface area (Å²) in [6.07, 6.45) is 1.14. The van der Waals surface area contributed by atoms with E-state index in [1.165, 1.54) is 12.7 Å². The summed E-state index contributed by atoms with van der Waals surface area (Å²) in [6, 6.07) is 7.59. The van der Waals surface area contributed by atoms with Crippen LogP contribution in [0.2, 0.25) is 0 Å². The highest BCUT2D eigenvalue weighted by molar-refractivity contribution is 5.98. The van der Waals surface area contributed by atoms with Crippen molar-refractivity contribution in [3.63, 3.8) is 0 Å². The van der Waals surface area contributed by atoms with Gasteiger partial charge in [-0.05, 0) is 36.5 Å². The van der Waals surface area contributed by atoms with E-state index >= 15 is 0 Å². The molecule has 1 aliphatic rings. The van der Waals surface area contributed by atoms with Gasteiger partial charge in [-0.3, -0.25) is 9.59 Å². The number of anilines is 1. The van der Waals surface area contributed by atoms with Crippen LogP contribution in [0.25, 0.3) is 0 Å². The lowest BCUT2D eigenvalue weighted by Crippen LogP contribution is -2.40. The van der Waals surface area contributed by atoms with Crippen LogP contribution in [0.15, 0.2) is 35.5 Å². The molecule has 26 heavy (non-hydrogen) atoms. The lowest BCUT2D eigenvalue weighted by Gasteiger charge is -2.27. The van der Waals surface area contributed by atoms with Gasteiger partial charge in [-0.25, -0.2) is 4.79 Å². The normalized spacial score (nSPS) is 17.1. The number of esters is 1. The van der Waals surface area contributed by atoms with Gasteiger partial charge in [0.25, 0.3) is 0 Å². The molecule has 2 amide bonds. The van der Waals surface area contributed by atoms with Crippen molar-refractivity contribution in [3.05, 3.63) is 41.1 Å². The molecule has 0 aromatic heterocycles. The maximum absolute atomic E-state index is 12.4. The van der Waals surface area contributed by atoms with E-state index in [4.69, 9.17) is 4.74 Å². The molecule has 2 N–H and O–H groups in total. The molecule has 6 heteroatoms. The van der Waals surface area contributed by atoms with Gasteiger partial charge in [0.1, 0.15) is 0 Å². The molecule has 0 saturated carbocycles. The third-order valence-electron chi connectivity index (χ3n) is 4.49. The van der Waals surface area contributed by atoms with Crippen LogP contribution in [0, 0.1) is 11.8 Å². The van der Waals surface area contributed by atoms with E-state index in [0.717, 1.165) is 6.42 Å². The van der Waals surface area contributed by atoms with Crippen molar-refractivity contribution in [3.8, 4) is 0 Å². The first-order chi connectivity index (χ1) is 12.3. The van der Waals surface area contributed by atoms with Crippen molar-refractivity contribution in [2.75, 3.05) is 12.4 Å². The van der Waals surface area contributed by atoms with E-state index in [-0.39, 0.29) is 30.6 Å². The number of amides is 2. The summed E-state index contributed by atoms with van der Waals surface area (Å²) in [4.78, 5) is 36.7. The molecule has 6 nitrogen and oxygen atoms in total. The van der Waals surface area contributed by atoms with Gasteiger partial charge in [0.05, 0.1) is 18.6 Å². The molecule has 1 atom stereocenters. The maximum Gasteiger partial charge on any atom is 0.335 e. The van der Waals surface area contributed by atoms with Crippen LogP contribution in [0.5, 0.6) is 0 Å². The fourth-order valence-corrected chi connectivity index (χ4v) is 2.99. The SMILES string of the molecule is CCc1ccc(NC(=O)CC2CC(C(=O)OC)=C(C(C)C)NC2=O)cc1. The fraction of sp³-hybridized carbons (Fsp3) is 0.450. The van der Waals surface area contributed by atoms with Gasteiger partial charge in [0.15, 0.2) is 0 Å². The minimum absolute atomic E-state index is 0.00717. The number of benzene rings is 1. The zero-order valence-electron chi connectivity index (χ0n) is 15.7. The van der Waals surface area contributed by atoms with Crippen LogP contribution in [0.3, 0.4) is 0 Å². The van der Waals surface area contributed by atoms with Crippen molar-refractivity contribution in [2.24, 2.45) is 11.8 Å². The van der Waals surface area contributed by atoms with E-state index in [1.807, 2.05) is 38.1 Å². The number of carbonyl (C=O) groups excluding carboxylic acids is 3. The topological polar surface area (TPSA) is 84.5 Å². The second-order valence-electron chi connectivity index (χ2n) is 6.73. The molecule has 0 saturated heterocycles. The van der Waals surface area contributed by atoms with Crippen LogP contribution in [-0.4, -0.2) is 24.9 Å². The minimum Gasteiger partial charge on any atom is -0.466 e. The van der Waals surface area contributed by atoms with Gasteiger partial charge in [-0.1, -0.05) is 32.9 Å². The standard InChI is InChI=1S/C20H26N2O4/c1-5-13-6-8-15(9-7-13)21-17(23)11-14-10-16(20(25)26-4)18(12(2)3)22-19(14)24/h6-9,12,14H,5,10-11H2,1-4H3,(H,21,23)(H,22,24). The molecule has 0 spiro atoms. The summed E-state index contributed by atoms with van der Waals surface area (Å²) >= 11 is 0. The number of hydrogen-bond acceptors (Lipinski definition) is 4. The second kappa shape index (κ2) is 8.65. The Labute approximate surface area is 154 Å². The first kappa shape index (κ1) is 19.7. The molecule has 2 rings (SSSR count). The van der Waals surface area contributed by atoms with Gasteiger partial charge in [0, 0.05) is 17.8 Å². The van der Waals surface area contributed by atoms with Gasteiger partial charge in [0.2, 0.25) is 11.8 Å². The first-order valence-corrected chi connectivity index (χ1v) is 8.86. The van der Waals surface area contributed by atoms with Crippen molar-refractivity contribution in [1.29, 1.82) is 0 Å². The van der Waals surface area contributed by atoms with E-state index in [9.17, 15) is 14.4 Å². The van der Waals surface area contributed by atoms with Crippen molar-refractivity contribution >= 4 is 23.5 Å². The Morgan fingerprint density at radius 3 is 2.46 bits per heavy atom. The second-order valence-corrected chi connectivity index (χ2v) is 6.73.